The minimum Gasteiger partial charge on any atom is -0.481 e. The lowest BCUT2D eigenvalue weighted by Gasteiger charge is -2.34. The number of rotatable bonds is 48. The standard InChI is InChI=1S/C54H100O6/c1-4-7-10-13-16-19-22-24-26-28-30-33-35-38-41-44-47-50(52(56)57)54(53(58)59,60-51(55)48-45-42-39-36-32-21-18-15-12-9-6-3)49-46-43-40-37-34-31-29-27-25-23-20-17-14-11-8-5-2/h24-27,50H,4-23,28-49H2,1-3H3,(H,56,57)(H,58,59)/b26-24-,27-25-. The lowest BCUT2D eigenvalue weighted by Crippen LogP contribution is -2.52. The maximum absolute atomic E-state index is 13.3. The van der Waals surface area contributed by atoms with Crippen molar-refractivity contribution in [3.63, 3.8) is 0 Å². The van der Waals surface area contributed by atoms with E-state index in [9.17, 15) is 24.6 Å². The van der Waals surface area contributed by atoms with Crippen LogP contribution in [0.4, 0.5) is 0 Å². The zero-order valence-corrected chi connectivity index (χ0v) is 40.1. The molecule has 352 valence electrons. The monoisotopic (exact) mass is 845 g/mol. The molecule has 60 heavy (non-hydrogen) atoms. The molecule has 0 aromatic heterocycles. The summed E-state index contributed by atoms with van der Waals surface area (Å²) in [5, 5.41) is 21.1. The predicted molar refractivity (Wildman–Crippen MR) is 257 cm³/mol. The van der Waals surface area contributed by atoms with E-state index in [0.717, 1.165) is 96.3 Å². The third-order valence-electron chi connectivity index (χ3n) is 12.6. The van der Waals surface area contributed by atoms with Gasteiger partial charge in [0.1, 0.15) is 5.92 Å². The van der Waals surface area contributed by atoms with Crippen molar-refractivity contribution in [3.8, 4) is 0 Å². The first-order valence-corrected chi connectivity index (χ1v) is 26.3. The van der Waals surface area contributed by atoms with E-state index in [4.69, 9.17) is 4.74 Å². The SMILES string of the molecule is CCCCCCCC/C=C\CCCCCCCCC(C(=O)O)C(CCCCCCCC/C=C\CCCCCCCC)(OC(=O)CCCCCCCCCCCCC)C(=O)O. The Balaban J connectivity index is 4.92. The van der Waals surface area contributed by atoms with E-state index in [0.29, 0.717) is 19.3 Å². The minimum atomic E-state index is -2.02. The van der Waals surface area contributed by atoms with Crippen LogP contribution in [0.1, 0.15) is 290 Å². The fourth-order valence-electron chi connectivity index (χ4n) is 8.57. The Bertz CT molecular complexity index is 1020. The molecule has 0 spiro atoms. The van der Waals surface area contributed by atoms with Crippen molar-refractivity contribution >= 4 is 17.9 Å². The average molecular weight is 845 g/mol. The molecule has 0 rings (SSSR count). The molecule has 0 fully saturated rings. The number of carboxylic acid groups (broad SMARTS) is 2. The van der Waals surface area contributed by atoms with Gasteiger partial charge in [0.05, 0.1) is 0 Å². The van der Waals surface area contributed by atoms with Crippen LogP contribution in [0.3, 0.4) is 0 Å². The molecule has 0 aromatic rings. The summed E-state index contributed by atoms with van der Waals surface area (Å²) in [6, 6.07) is 0. The highest BCUT2D eigenvalue weighted by atomic mass is 16.6. The lowest BCUT2D eigenvalue weighted by atomic mass is 9.79. The van der Waals surface area contributed by atoms with Crippen molar-refractivity contribution in [1.29, 1.82) is 0 Å². The van der Waals surface area contributed by atoms with Crippen LogP contribution in [0, 0.1) is 5.92 Å². The molecular formula is C54H100O6. The molecule has 0 saturated carbocycles. The Hall–Kier alpha value is -2.11. The molecule has 0 radical (unpaired) electrons. The molecule has 0 saturated heterocycles. The van der Waals surface area contributed by atoms with Gasteiger partial charge in [-0.15, -0.1) is 0 Å². The highest BCUT2D eigenvalue weighted by Crippen LogP contribution is 2.35. The topological polar surface area (TPSA) is 101 Å². The van der Waals surface area contributed by atoms with Gasteiger partial charge in [0.25, 0.3) is 0 Å². The van der Waals surface area contributed by atoms with Crippen LogP contribution in [-0.4, -0.2) is 33.7 Å². The molecule has 0 aliphatic rings. The normalized spacial score (nSPS) is 13.3. The van der Waals surface area contributed by atoms with Crippen LogP contribution in [0.2, 0.25) is 0 Å². The fourth-order valence-corrected chi connectivity index (χ4v) is 8.57. The van der Waals surface area contributed by atoms with E-state index in [1.807, 2.05) is 0 Å². The van der Waals surface area contributed by atoms with Crippen LogP contribution in [-0.2, 0) is 19.1 Å². The summed E-state index contributed by atoms with van der Waals surface area (Å²) in [7, 11) is 0. The number of unbranched alkanes of at least 4 members (excludes halogenated alkanes) is 34. The zero-order valence-electron chi connectivity index (χ0n) is 40.1. The Morgan fingerprint density at radius 2 is 0.717 bits per heavy atom. The molecule has 0 heterocycles. The lowest BCUT2D eigenvalue weighted by molar-refractivity contribution is -0.193. The number of carbonyl (C=O) groups is 3. The molecule has 6 nitrogen and oxygen atoms in total. The highest BCUT2D eigenvalue weighted by Gasteiger charge is 2.52. The van der Waals surface area contributed by atoms with Gasteiger partial charge in [-0.25, -0.2) is 4.79 Å². The molecule has 0 amide bonds. The number of hydrogen-bond donors (Lipinski definition) is 2. The molecular weight excluding hydrogens is 745 g/mol. The van der Waals surface area contributed by atoms with Crippen molar-refractivity contribution in [3.05, 3.63) is 24.3 Å². The summed E-state index contributed by atoms with van der Waals surface area (Å²) in [6.45, 7) is 6.75. The molecule has 0 bridgehead atoms. The van der Waals surface area contributed by atoms with E-state index in [1.165, 1.54) is 135 Å². The highest BCUT2D eigenvalue weighted by molar-refractivity contribution is 5.88. The minimum absolute atomic E-state index is 0.0524. The molecule has 0 aliphatic heterocycles. The molecule has 2 unspecified atom stereocenters. The van der Waals surface area contributed by atoms with Crippen molar-refractivity contribution in [1.82, 2.24) is 0 Å². The Kier molecular flexibility index (Phi) is 43.4. The Morgan fingerprint density at radius 3 is 1.05 bits per heavy atom. The second-order valence-corrected chi connectivity index (χ2v) is 18.3. The predicted octanol–water partition coefficient (Wildman–Crippen LogP) is 17.6. The fraction of sp³-hybridized carbons (Fsp3) is 0.870. The van der Waals surface area contributed by atoms with Crippen molar-refractivity contribution in [2.24, 2.45) is 5.92 Å². The van der Waals surface area contributed by atoms with Gasteiger partial charge in [-0.2, -0.15) is 0 Å². The van der Waals surface area contributed by atoms with E-state index in [-0.39, 0.29) is 19.3 Å². The smallest absolute Gasteiger partial charge is 0.349 e. The van der Waals surface area contributed by atoms with Crippen LogP contribution in [0.5, 0.6) is 0 Å². The third-order valence-corrected chi connectivity index (χ3v) is 12.6. The first-order valence-electron chi connectivity index (χ1n) is 26.3. The quantitative estimate of drug-likeness (QED) is 0.0359. The van der Waals surface area contributed by atoms with Gasteiger partial charge >= 0.3 is 17.9 Å². The van der Waals surface area contributed by atoms with Gasteiger partial charge in [-0.05, 0) is 77.0 Å². The number of ether oxygens (including phenoxy) is 1. The van der Waals surface area contributed by atoms with E-state index in [1.54, 1.807) is 0 Å². The number of carboxylic acids is 2. The molecule has 0 aliphatic carbocycles. The molecule has 2 N–H and O–H groups in total. The summed E-state index contributed by atoms with van der Waals surface area (Å²) >= 11 is 0. The van der Waals surface area contributed by atoms with Crippen molar-refractivity contribution < 1.29 is 29.3 Å². The van der Waals surface area contributed by atoms with Crippen molar-refractivity contribution in [2.45, 2.75) is 296 Å². The number of aliphatic carboxylic acids is 2. The summed E-state index contributed by atoms with van der Waals surface area (Å²) in [6.07, 6.45) is 54.5. The number of allylic oxidation sites excluding steroid dienone is 4. The summed E-state index contributed by atoms with van der Waals surface area (Å²) in [4.78, 5) is 39.1. The van der Waals surface area contributed by atoms with Gasteiger partial charge in [-0.1, -0.05) is 231 Å². The third kappa shape index (κ3) is 35.5. The largest absolute Gasteiger partial charge is 0.481 e. The Morgan fingerprint density at radius 1 is 0.417 bits per heavy atom. The number of hydrogen-bond acceptors (Lipinski definition) is 4. The first-order chi connectivity index (χ1) is 29.4. The van der Waals surface area contributed by atoms with E-state index < -0.39 is 29.4 Å². The van der Waals surface area contributed by atoms with Gasteiger partial charge in [-0.3, -0.25) is 9.59 Å². The second kappa shape index (κ2) is 44.9. The van der Waals surface area contributed by atoms with Crippen LogP contribution in [0.25, 0.3) is 0 Å². The van der Waals surface area contributed by atoms with Crippen LogP contribution >= 0.6 is 0 Å². The van der Waals surface area contributed by atoms with Crippen molar-refractivity contribution in [2.75, 3.05) is 0 Å². The summed E-state index contributed by atoms with van der Waals surface area (Å²) in [5.41, 5.74) is -2.02. The van der Waals surface area contributed by atoms with E-state index in [2.05, 4.69) is 45.1 Å². The molecule has 0 aromatic carbocycles. The number of esters is 1. The molecule has 6 heteroatoms. The number of carbonyl (C=O) groups excluding carboxylic acids is 1. The van der Waals surface area contributed by atoms with Gasteiger partial charge < -0.3 is 14.9 Å². The maximum atomic E-state index is 13.3. The second-order valence-electron chi connectivity index (χ2n) is 18.3. The van der Waals surface area contributed by atoms with E-state index >= 15 is 0 Å². The van der Waals surface area contributed by atoms with Gasteiger partial charge in [0, 0.05) is 6.42 Å². The van der Waals surface area contributed by atoms with Crippen LogP contribution in [0.15, 0.2) is 24.3 Å². The molecule has 2 atom stereocenters. The summed E-state index contributed by atoms with van der Waals surface area (Å²) < 4.78 is 5.89. The van der Waals surface area contributed by atoms with Gasteiger partial charge in [0.2, 0.25) is 5.60 Å². The van der Waals surface area contributed by atoms with Crippen LogP contribution < -0.4 is 0 Å². The zero-order chi connectivity index (χ0) is 44.0. The van der Waals surface area contributed by atoms with Gasteiger partial charge in [0.15, 0.2) is 0 Å². The Labute approximate surface area is 372 Å². The maximum Gasteiger partial charge on any atom is 0.349 e. The first kappa shape index (κ1) is 57.9. The average Bonchev–Trinajstić information content (AvgIpc) is 3.23. The summed E-state index contributed by atoms with van der Waals surface area (Å²) in [5.74, 6) is -4.29.